The van der Waals surface area contributed by atoms with Gasteiger partial charge < -0.3 is 9.73 Å². The summed E-state index contributed by atoms with van der Waals surface area (Å²) in [6.45, 7) is 8.14. The van der Waals surface area contributed by atoms with Crippen LogP contribution < -0.4 is 5.32 Å². The van der Waals surface area contributed by atoms with Gasteiger partial charge in [0.25, 0.3) is 0 Å². The highest BCUT2D eigenvalue weighted by atomic mass is 16.3. The third-order valence-corrected chi connectivity index (χ3v) is 4.29. The highest BCUT2D eigenvalue weighted by Crippen LogP contribution is 2.25. The van der Waals surface area contributed by atoms with Gasteiger partial charge in [-0.2, -0.15) is 0 Å². The average Bonchev–Trinajstić information content (AvgIpc) is 2.85. The Morgan fingerprint density at radius 2 is 1.74 bits per heavy atom. The quantitative estimate of drug-likeness (QED) is 0.751. The summed E-state index contributed by atoms with van der Waals surface area (Å²) in [5.41, 5.74) is 7.22. The highest BCUT2D eigenvalue weighted by molar-refractivity contribution is 5.96. The number of hydrogen-bond donors (Lipinski definition) is 1. The molecule has 3 rings (SSSR count). The van der Waals surface area contributed by atoms with Crippen LogP contribution in [0.1, 0.15) is 27.8 Å². The monoisotopic (exact) mass is 307 g/mol. The van der Waals surface area contributed by atoms with Crippen LogP contribution in [-0.2, 0) is 11.2 Å². The number of amides is 1. The Morgan fingerprint density at radius 1 is 1.00 bits per heavy atom. The third-order valence-electron chi connectivity index (χ3n) is 4.29. The summed E-state index contributed by atoms with van der Waals surface area (Å²) in [7, 11) is 0. The van der Waals surface area contributed by atoms with E-state index in [1.54, 1.807) is 6.26 Å². The molecule has 0 spiro atoms. The lowest BCUT2D eigenvalue weighted by Crippen LogP contribution is -2.15. The van der Waals surface area contributed by atoms with Crippen LogP contribution in [0, 0.1) is 27.7 Å². The van der Waals surface area contributed by atoms with Crippen molar-refractivity contribution in [3.63, 3.8) is 0 Å². The van der Waals surface area contributed by atoms with Gasteiger partial charge >= 0.3 is 0 Å². The molecule has 0 radical (unpaired) electrons. The predicted molar refractivity (Wildman–Crippen MR) is 93.9 cm³/mol. The van der Waals surface area contributed by atoms with Crippen LogP contribution >= 0.6 is 0 Å². The highest BCUT2D eigenvalue weighted by Gasteiger charge is 2.12. The van der Waals surface area contributed by atoms with Gasteiger partial charge in [-0.05, 0) is 68.1 Å². The lowest BCUT2D eigenvalue weighted by Gasteiger charge is -2.09. The van der Waals surface area contributed by atoms with E-state index in [9.17, 15) is 4.79 Å². The van der Waals surface area contributed by atoms with Crippen molar-refractivity contribution in [1.82, 2.24) is 0 Å². The number of benzene rings is 2. The zero-order valence-corrected chi connectivity index (χ0v) is 14.0. The van der Waals surface area contributed by atoms with Crippen molar-refractivity contribution in [3.8, 4) is 0 Å². The number of anilines is 1. The summed E-state index contributed by atoms with van der Waals surface area (Å²) in [5, 5.41) is 4.02. The lowest BCUT2D eigenvalue weighted by molar-refractivity contribution is -0.115. The fraction of sp³-hybridized carbons (Fsp3) is 0.250. The first-order valence-electron chi connectivity index (χ1n) is 7.78. The van der Waals surface area contributed by atoms with Gasteiger partial charge in [-0.15, -0.1) is 0 Å². The van der Waals surface area contributed by atoms with E-state index in [0.717, 1.165) is 33.3 Å². The molecule has 3 aromatic rings. The van der Waals surface area contributed by atoms with Crippen molar-refractivity contribution < 1.29 is 9.21 Å². The van der Waals surface area contributed by atoms with Crippen molar-refractivity contribution in [2.75, 3.05) is 5.32 Å². The van der Waals surface area contributed by atoms with Crippen molar-refractivity contribution in [2.24, 2.45) is 0 Å². The van der Waals surface area contributed by atoms with Crippen molar-refractivity contribution in [3.05, 3.63) is 64.4 Å². The maximum atomic E-state index is 12.4. The number of carbonyl (C=O) groups is 1. The number of carbonyl (C=O) groups excluding carboxylic acids is 1. The number of fused-ring (bicyclic) bond motifs is 1. The number of aryl methyl sites for hydroxylation is 4. The summed E-state index contributed by atoms with van der Waals surface area (Å²) in [5.74, 6) is -0.0281. The van der Waals surface area contributed by atoms with E-state index in [4.69, 9.17) is 4.42 Å². The standard InChI is InChI=1S/C20H21NO2/c1-12-5-6-13(2)18(7-12)21-20(22)10-16-11-23-19-9-15(4)14(3)8-17(16)19/h5-9,11H,10H2,1-4H3,(H,21,22). The Labute approximate surface area is 136 Å². The van der Waals surface area contributed by atoms with Gasteiger partial charge in [0, 0.05) is 16.6 Å². The first-order chi connectivity index (χ1) is 10.9. The fourth-order valence-electron chi connectivity index (χ4n) is 2.71. The minimum absolute atomic E-state index is 0.0281. The van der Waals surface area contributed by atoms with Crippen LogP contribution in [0.25, 0.3) is 11.0 Å². The first kappa shape index (κ1) is 15.3. The predicted octanol–water partition coefficient (Wildman–Crippen LogP) is 4.85. The number of furan rings is 1. The molecule has 0 fully saturated rings. The Balaban J connectivity index is 1.83. The van der Waals surface area contributed by atoms with Gasteiger partial charge in [0.2, 0.25) is 5.91 Å². The van der Waals surface area contributed by atoms with Gasteiger partial charge in [-0.1, -0.05) is 12.1 Å². The van der Waals surface area contributed by atoms with E-state index in [-0.39, 0.29) is 5.91 Å². The molecule has 118 valence electrons. The van der Waals surface area contributed by atoms with Crippen LogP contribution in [0.15, 0.2) is 41.0 Å². The van der Waals surface area contributed by atoms with Gasteiger partial charge in [0.15, 0.2) is 0 Å². The Kier molecular flexibility index (Phi) is 3.95. The molecule has 0 aliphatic carbocycles. The van der Waals surface area contributed by atoms with Crippen LogP contribution in [0.2, 0.25) is 0 Å². The molecule has 1 heterocycles. The van der Waals surface area contributed by atoms with E-state index in [0.29, 0.717) is 6.42 Å². The second-order valence-corrected chi connectivity index (χ2v) is 6.24. The molecular formula is C20H21NO2. The van der Waals surface area contributed by atoms with Gasteiger partial charge in [0.1, 0.15) is 5.58 Å². The Hall–Kier alpha value is -2.55. The van der Waals surface area contributed by atoms with Crippen LogP contribution in [-0.4, -0.2) is 5.91 Å². The molecule has 0 saturated carbocycles. The summed E-state index contributed by atoms with van der Waals surface area (Å²) in [6.07, 6.45) is 2.00. The maximum absolute atomic E-state index is 12.4. The molecule has 23 heavy (non-hydrogen) atoms. The topological polar surface area (TPSA) is 42.2 Å². The first-order valence-corrected chi connectivity index (χ1v) is 7.78. The summed E-state index contributed by atoms with van der Waals surface area (Å²) in [4.78, 5) is 12.4. The number of rotatable bonds is 3. The second-order valence-electron chi connectivity index (χ2n) is 6.24. The molecule has 0 saturated heterocycles. The Morgan fingerprint density at radius 3 is 2.52 bits per heavy atom. The molecule has 1 amide bonds. The molecule has 3 nitrogen and oxygen atoms in total. The minimum atomic E-state index is -0.0281. The molecule has 2 aromatic carbocycles. The summed E-state index contributed by atoms with van der Waals surface area (Å²) >= 11 is 0. The minimum Gasteiger partial charge on any atom is -0.464 e. The molecule has 0 atom stereocenters. The van der Waals surface area contributed by atoms with Crippen molar-refractivity contribution in [2.45, 2.75) is 34.1 Å². The molecule has 1 N–H and O–H groups in total. The molecule has 1 aromatic heterocycles. The van der Waals surface area contributed by atoms with E-state index in [1.807, 2.05) is 38.1 Å². The number of hydrogen-bond acceptors (Lipinski definition) is 2. The molecule has 0 aliphatic rings. The Bertz CT molecular complexity index is 890. The maximum Gasteiger partial charge on any atom is 0.228 e. The third kappa shape index (κ3) is 3.14. The van der Waals surface area contributed by atoms with Crippen molar-refractivity contribution >= 4 is 22.6 Å². The van der Waals surface area contributed by atoms with Crippen LogP contribution in [0.4, 0.5) is 5.69 Å². The SMILES string of the molecule is Cc1ccc(C)c(NC(=O)Cc2coc3cc(C)c(C)cc23)c1. The molecule has 0 bridgehead atoms. The zero-order chi connectivity index (χ0) is 16.6. The summed E-state index contributed by atoms with van der Waals surface area (Å²) < 4.78 is 5.60. The number of nitrogens with one attached hydrogen (secondary N) is 1. The van der Waals surface area contributed by atoms with Crippen molar-refractivity contribution in [1.29, 1.82) is 0 Å². The second kappa shape index (κ2) is 5.92. The van der Waals surface area contributed by atoms with Crippen LogP contribution in [0.3, 0.4) is 0 Å². The van der Waals surface area contributed by atoms with E-state index >= 15 is 0 Å². The smallest absolute Gasteiger partial charge is 0.228 e. The molecule has 3 heteroatoms. The average molecular weight is 307 g/mol. The lowest BCUT2D eigenvalue weighted by atomic mass is 10.0. The van der Waals surface area contributed by atoms with Crippen LogP contribution in [0.5, 0.6) is 0 Å². The molecule has 0 aliphatic heterocycles. The zero-order valence-electron chi connectivity index (χ0n) is 14.0. The molecular weight excluding hydrogens is 286 g/mol. The van der Waals surface area contributed by atoms with Gasteiger partial charge in [0.05, 0.1) is 12.7 Å². The van der Waals surface area contributed by atoms with E-state index in [2.05, 4.69) is 25.2 Å². The normalized spacial score (nSPS) is 11.0. The van der Waals surface area contributed by atoms with Gasteiger partial charge in [-0.3, -0.25) is 4.79 Å². The largest absolute Gasteiger partial charge is 0.464 e. The van der Waals surface area contributed by atoms with E-state index in [1.165, 1.54) is 11.1 Å². The van der Waals surface area contributed by atoms with E-state index < -0.39 is 0 Å². The summed E-state index contributed by atoms with van der Waals surface area (Å²) in [6, 6.07) is 10.2. The molecule has 0 unspecified atom stereocenters. The fourth-order valence-corrected chi connectivity index (χ4v) is 2.71. The van der Waals surface area contributed by atoms with Gasteiger partial charge in [-0.25, -0.2) is 0 Å².